The van der Waals surface area contributed by atoms with Gasteiger partial charge in [-0.2, -0.15) is 0 Å². The van der Waals surface area contributed by atoms with Crippen molar-refractivity contribution >= 4 is 16.9 Å². The first-order chi connectivity index (χ1) is 5.63. The summed E-state index contributed by atoms with van der Waals surface area (Å²) in [6, 6.07) is 0. The molecule has 1 nitrogen and oxygen atoms in total. The van der Waals surface area contributed by atoms with Gasteiger partial charge in [0.1, 0.15) is 0 Å². The molecular weight excluding hydrogens is 175 g/mol. The SMILES string of the molecule is CC(=O)SCCCCCC(C)F. The van der Waals surface area contributed by atoms with Crippen molar-refractivity contribution in [1.82, 2.24) is 0 Å². The van der Waals surface area contributed by atoms with Crippen molar-refractivity contribution in [2.45, 2.75) is 45.7 Å². The summed E-state index contributed by atoms with van der Waals surface area (Å²) in [4.78, 5) is 10.5. The van der Waals surface area contributed by atoms with Crippen LogP contribution in [0.15, 0.2) is 0 Å². The zero-order chi connectivity index (χ0) is 9.40. The van der Waals surface area contributed by atoms with Gasteiger partial charge in [0.15, 0.2) is 5.12 Å². The molecular formula is C9H17FOS. The molecule has 0 fully saturated rings. The summed E-state index contributed by atoms with van der Waals surface area (Å²) in [5.74, 6) is 0.885. The molecule has 0 saturated carbocycles. The number of thioether (sulfide) groups is 1. The Morgan fingerprint density at radius 1 is 1.42 bits per heavy atom. The number of halogens is 1. The van der Waals surface area contributed by atoms with Gasteiger partial charge in [0.2, 0.25) is 0 Å². The standard InChI is InChI=1S/C9H17FOS/c1-8(10)6-4-3-5-7-12-9(2)11/h8H,3-7H2,1-2H3. The van der Waals surface area contributed by atoms with Gasteiger partial charge < -0.3 is 0 Å². The summed E-state index contributed by atoms with van der Waals surface area (Å²) in [5, 5.41) is 0.175. The Morgan fingerprint density at radius 3 is 2.58 bits per heavy atom. The Morgan fingerprint density at radius 2 is 2.08 bits per heavy atom. The lowest BCUT2D eigenvalue weighted by atomic mass is 10.1. The molecule has 0 aromatic carbocycles. The molecule has 0 spiro atoms. The van der Waals surface area contributed by atoms with Gasteiger partial charge in [0, 0.05) is 12.7 Å². The van der Waals surface area contributed by atoms with E-state index in [9.17, 15) is 9.18 Å². The molecule has 0 radical (unpaired) electrons. The molecule has 0 aliphatic rings. The van der Waals surface area contributed by atoms with E-state index < -0.39 is 6.17 Å². The van der Waals surface area contributed by atoms with Crippen molar-refractivity contribution in [2.75, 3.05) is 5.75 Å². The van der Waals surface area contributed by atoms with Crippen LogP contribution in [-0.4, -0.2) is 17.0 Å². The molecule has 0 N–H and O–H groups in total. The topological polar surface area (TPSA) is 17.1 Å². The monoisotopic (exact) mass is 192 g/mol. The van der Waals surface area contributed by atoms with Gasteiger partial charge in [-0.3, -0.25) is 4.79 Å². The van der Waals surface area contributed by atoms with Crippen molar-refractivity contribution in [3.63, 3.8) is 0 Å². The van der Waals surface area contributed by atoms with E-state index in [4.69, 9.17) is 0 Å². The lowest BCUT2D eigenvalue weighted by Gasteiger charge is -2.00. The van der Waals surface area contributed by atoms with Crippen LogP contribution in [0.5, 0.6) is 0 Å². The molecule has 0 heterocycles. The number of hydrogen-bond acceptors (Lipinski definition) is 2. The van der Waals surface area contributed by atoms with Gasteiger partial charge in [-0.25, -0.2) is 4.39 Å². The number of rotatable bonds is 6. The third-order valence-corrected chi connectivity index (χ3v) is 2.45. The molecule has 1 unspecified atom stereocenters. The smallest absolute Gasteiger partial charge is 0.185 e. The normalized spacial score (nSPS) is 12.9. The summed E-state index contributed by atoms with van der Waals surface area (Å²) in [5.41, 5.74) is 0. The van der Waals surface area contributed by atoms with Crippen LogP contribution in [0.2, 0.25) is 0 Å². The molecule has 72 valence electrons. The van der Waals surface area contributed by atoms with E-state index in [0.29, 0.717) is 6.42 Å². The van der Waals surface area contributed by atoms with Crippen LogP contribution in [0.3, 0.4) is 0 Å². The second-order valence-electron chi connectivity index (χ2n) is 2.97. The Balaban J connectivity index is 2.96. The maximum atomic E-state index is 12.3. The van der Waals surface area contributed by atoms with Crippen LogP contribution in [0.25, 0.3) is 0 Å². The van der Waals surface area contributed by atoms with E-state index >= 15 is 0 Å². The van der Waals surface area contributed by atoms with Crippen LogP contribution >= 0.6 is 11.8 Å². The fourth-order valence-electron chi connectivity index (χ4n) is 0.920. The molecule has 0 amide bonds. The van der Waals surface area contributed by atoms with Crippen LogP contribution in [0, 0.1) is 0 Å². The molecule has 0 rings (SSSR count). The summed E-state index contributed by atoms with van der Waals surface area (Å²) in [6.45, 7) is 3.17. The first kappa shape index (κ1) is 11.9. The van der Waals surface area contributed by atoms with Gasteiger partial charge in [-0.15, -0.1) is 0 Å². The molecule has 0 bridgehead atoms. The first-order valence-electron chi connectivity index (χ1n) is 4.40. The molecule has 0 aromatic rings. The molecule has 12 heavy (non-hydrogen) atoms. The number of unbranched alkanes of at least 4 members (excludes halogenated alkanes) is 2. The second kappa shape index (κ2) is 7.59. The molecule has 0 aliphatic heterocycles. The fraction of sp³-hybridized carbons (Fsp3) is 0.889. The van der Waals surface area contributed by atoms with Gasteiger partial charge in [-0.05, 0) is 19.8 Å². The van der Waals surface area contributed by atoms with Crippen molar-refractivity contribution in [3.8, 4) is 0 Å². The Kier molecular flexibility index (Phi) is 7.56. The average Bonchev–Trinajstić information content (AvgIpc) is 1.95. The van der Waals surface area contributed by atoms with E-state index in [1.54, 1.807) is 13.8 Å². The molecule has 3 heteroatoms. The molecule has 1 atom stereocenters. The highest BCUT2D eigenvalue weighted by molar-refractivity contribution is 8.13. The van der Waals surface area contributed by atoms with Crippen molar-refractivity contribution in [1.29, 1.82) is 0 Å². The van der Waals surface area contributed by atoms with Crippen LogP contribution < -0.4 is 0 Å². The lowest BCUT2D eigenvalue weighted by Crippen LogP contribution is -1.92. The van der Waals surface area contributed by atoms with Gasteiger partial charge in [0.25, 0.3) is 0 Å². The second-order valence-corrected chi connectivity index (χ2v) is 4.24. The predicted molar refractivity (Wildman–Crippen MR) is 52.2 cm³/mol. The van der Waals surface area contributed by atoms with E-state index in [-0.39, 0.29) is 5.12 Å². The number of carbonyl (C=O) groups excluding carboxylic acids is 1. The first-order valence-corrected chi connectivity index (χ1v) is 5.39. The third kappa shape index (κ3) is 9.95. The van der Waals surface area contributed by atoms with E-state index in [2.05, 4.69) is 0 Å². The third-order valence-electron chi connectivity index (χ3n) is 1.55. The van der Waals surface area contributed by atoms with Crippen LogP contribution in [-0.2, 0) is 4.79 Å². The summed E-state index contributed by atoms with van der Waals surface area (Å²) in [7, 11) is 0. The quantitative estimate of drug-likeness (QED) is 0.601. The van der Waals surface area contributed by atoms with Crippen LogP contribution in [0.4, 0.5) is 4.39 Å². The zero-order valence-electron chi connectivity index (χ0n) is 7.81. The maximum absolute atomic E-state index is 12.3. The lowest BCUT2D eigenvalue weighted by molar-refractivity contribution is -0.109. The number of carbonyl (C=O) groups is 1. The molecule has 0 aromatic heterocycles. The van der Waals surface area contributed by atoms with Crippen molar-refractivity contribution in [2.24, 2.45) is 0 Å². The minimum atomic E-state index is -0.675. The van der Waals surface area contributed by atoms with Gasteiger partial charge in [-0.1, -0.05) is 24.6 Å². The maximum Gasteiger partial charge on any atom is 0.185 e. The van der Waals surface area contributed by atoms with E-state index in [1.165, 1.54) is 11.8 Å². The Labute approximate surface area is 78.1 Å². The highest BCUT2D eigenvalue weighted by Gasteiger charge is 1.98. The fourth-order valence-corrected chi connectivity index (χ4v) is 1.56. The average molecular weight is 192 g/mol. The highest BCUT2D eigenvalue weighted by atomic mass is 32.2. The highest BCUT2D eigenvalue weighted by Crippen LogP contribution is 2.10. The minimum Gasteiger partial charge on any atom is -0.288 e. The number of alkyl halides is 1. The van der Waals surface area contributed by atoms with E-state index in [1.807, 2.05) is 0 Å². The largest absolute Gasteiger partial charge is 0.288 e. The van der Waals surface area contributed by atoms with E-state index in [0.717, 1.165) is 25.0 Å². The summed E-state index contributed by atoms with van der Waals surface area (Å²) >= 11 is 1.36. The number of hydrogen-bond donors (Lipinski definition) is 0. The molecule has 0 aliphatic carbocycles. The summed E-state index contributed by atoms with van der Waals surface area (Å²) in [6.07, 6.45) is 2.98. The van der Waals surface area contributed by atoms with Gasteiger partial charge in [0.05, 0.1) is 6.17 Å². The Bertz CT molecular complexity index is 126. The Hall–Kier alpha value is -0.0500. The minimum absolute atomic E-state index is 0.175. The predicted octanol–water partition coefficient (Wildman–Crippen LogP) is 3.18. The molecule has 0 saturated heterocycles. The van der Waals surface area contributed by atoms with Crippen molar-refractivity contribution < 1.29 is 9.18 Å². The summed E-state index contributed by atoms with van der Waals surface area (Å²) < 4.78 is 12.3. The van der Waals surface area contributed by atoms with Crippen LogP contribution in [0.1, 0.15) is 39.5 Å². The van der Waals surface area contributed by atoms with Gasteiger partial charge >= 0.3 is 0 Å². The zero-order valence-corrected chi connectivity index (χ0v) is 8.62. The van der Waals surface area contributed by atoms with Crippen molar-refractivity contribution in [3.05, 3.63) is 0 Å².